The van der Waals surface area contributed by atoms with E-state index < -0.39 is 35.4 Å². The van der Waals surface area contributed by atoms with Gasteiger partial charge < -0.3 is 5.32 Å². The van der Waals surface area contributed by atoms with Crippen molar-refractivity contribution in [1.29, 1.82) is 0 Å². The summed E-state index contributed by atoms with van der Waals surface area (Å²) in [6.07, 6.45) is -1.68. The van der Waals surface area contributed by atoms with Crippen molar-refractivity contribution in [3.05, 3.63) is 64.5 Å². The van der Waals surface area contributed by atoms with Crippen LogP contribution in [0.15, 0.2) is 47.7 Å². The monoisotopic (exact) mass is 448 g/mol. The molecule has 0 aliphatic rings. The molecule has 166 valence electrons. The SMILES string of the molecule is CC(C)(F)c1nn(CC(=O)Nc2ccc3nncn3c2)c(=O)c2ccc(C(F)(F)F)cc12. The maximum absolute atomic E-state index is 14.8. The molecule has 1 N–H and O–H groups in total. The summed E-state index contributed by atoms with van der Waals surface area (Å²) in [6.45, 7) is 1.65. The Labute approximate surface area is 177 Å². The molecule has 0 unspecified atom stereocenters. The molecule has 8 nitrogen and oxygen atoms in total. The maximum Gasteiger partial charge on any atom is 0.416 e. The van der Waals surface area contributed by atoms with Crippen molar-refractivity contribution in [2.75, 3.05) is 5.32 Å². The van der Waals surface area contributed by atoms with E-state index in [1.807, 2.05) is 0 Å². The zero-order valence-electron chi connectivity index (χ0n) is 16.8. The predicted molar refractivity (Wildman–Crippen MR) is 107 cm³/mol. The van der Waals surface area contributed by atoms with E-state index >= 15 is 0 Å². The first-order chi connectivity index (χ1) is 14.9. The minimum atomic E-state index is -4.67. The zero-order valence-corrected chi connectivity index (χ0v) is 16.8. The van der Waals surface area contributed by atoms with E-state index in [-0.39, 0.29) is 16.5 Å². The van der Waals surface area contributed by atoms with Crippen molar-refractivity contribution in [2.45, 2.75) is 32.2 Å². The van der Waals surface area contributed by atoms with Gasteiger partial charge in [-0.15, -0.1) is 10.2 Å². The number of hydrogen-bond donors (Lipinski definition) is 1. The number of amides is 1. The van der Waals surface area contributed by atoms with E-state index in [9.17, 15) is 27.2 Å². The highest BCUT2D eigenvalue weighted by molar-refractivity contribution is 5.91. The van der Waals surface area contributed by atoms with Gasteiger partial charge in [-0.05, 0) is 44.2 Å². The lowest BCUT2D eigenvalue weighted by molar-refractivity contribution is -0.137. The molecule has 0 atom stereocenters. The molecule has 0 saturated carbocycles. The van der Waals surface area contributed by atoms with Crippen LogP contribution in [0.5, 0.6) is 0 Å². The van der Waals surface area contributed by atoms with E-state index in [0.717, 1.165) is 30.7 Å². The average Bonchev–Trinajstić information content (AvgIpc) is 3.16. The predicted octanol–water partition coefficient (Wildman–Crippen LogP) is 3.30. The van der Waals surface area contributed by atoms with E-state index in [4.69, 9.17) is 0 Å². The number of carbonyl (C=O) groups is 1. The normalized spacial score (nSPS) is 12.4. The summed E-state index contributed by atoms with van der Waals surface area (Å²) in [7, 11) is 0. The Morgan fingerprint density at radius 2 is 1.84 bits per heavy atom. The number of rotatable bonds is 4. The first-order valence-corrected chi connectivity index (χ1v) is 9.34. The number of nitrogens with zero attached hydrogens (tertiary/aromatic N) is 5. The van der Waals surface area contributed by atoms with E-state index in [2.05, 4.69) is 20.6 Å². The van der Waals surface area contributed by atoms with Gasteiger partial charge in [-0.3, -0.25) is 14.0 Å². The summed E-state index contributed by atoms with van der Waals surface area (Å²) < 4.78 is 56.5. The van der Waals surface area contributed by atoms with Crippen LogP contribution in [-0.2, 0) is 23.2 Å². The molecule has 3 aromatic heterocycles. The Hall–Kier alpha value is -3.83. The van der Waals surface area contributed by atoms with Crippen LogP contribution in [0.25, 0.3) is 16.4 Å². The number of alkyl halides is 4. The van der Waals surface area contributed by atoms with Crippen LogP contribution in [0.3, 0.4) is 0 Å². The fraction of sp³-hybridized carbons (Fsp3) is 0.250. The number of fused-ring (bicyclic) bond motifs is 2. The van der Waals surface area contributed by atoms with Gasteiger partial charge in [-0.25, -0.2) is 9.07 Å². The highest BCUT2D eigenvalue weighted by Gasteiger charge is 2.33. The third-order valence-electron chi connectivity index (χ3n) is 4.72. The van der Waals surface area contributed by atoms with Crippen molar-refractivity contribution in [3.63, 3.8) is 0 Å². The van der Waals surface area contributed by atoms with Crippen molar-refractivity contribution in [3.8, 4) is 0 Å². The second kappa shape index (κ2) is 7.39. The molecule has 1 amide bonds. The zero-order chi connectivity index (χ0) is 23.3. The molecule has 4 rings (SSSR count). The lowest BCUT2D eigenvalue weighted by Crippen LogP contribution is -2.32. The van der Waals surface area contributed by atoms with Crippen LogP contribution in [0.4, 0.5) is 23.2 Å². The third-order valence-corrected chi connectivity index (χ3v) is 4.72. The van der Waals surface area contributed by atoms with Gasteiger partial charge in [0.05, 0.1) is 16.6 Å². The average molecular weight is 448 g/mol. The number of halogens is 4. The van der Waals surface area contributed by atoms with E-state index in [1.165, 1.54) is 6.33 Å². The Morgan fingerprint density at radius 3 is 2.53 bits per heavy atom. The summed E-state index contributed by atoms with van der Waals surface area (Å²) in [4.78, 5) is 25.3. The Morgan fingerprint density at radius 1 is 1.09 bits per heavy atom. The molecule has 0 aliphatic heterocycles. The van der Waals surface area contributed by atoms with Crippen LogP contribution < -0.4 is 10.9 Å². The molecule has 3 heterocycles. The Balaban J connectivity index is 1.72. The number of pyridine rings is 1. The number of anilines is 1. The third kappa shape index (κ3) is 4.03. The summed E-state index contributed by atoms with van der Waals surface area (Å²) >= 11 is 0. The molecule has 1 aromatic carbocycles. The lowest BCUT2D eigenvalue weighted by atomic mass is 9.99. The van der Waals surface area contributed by atoms with Crippen LogP contribution >= 0.6 is 0 Å². The fourth-order valence-corrected chi connectivity index (χ4v) is 3.25. The van der Waals surface area contributed by atoms with E-state index in [1.54, 1.807) is 22.7 Å². The molecule has 0 saturated heterocycles. The summed E-state index contributed by atoms with van der Waals surface area (Å²) in [6, 6.07) is 5.58. The van der Waals surface area contributed by atoms with Gasteiger partial charge in [0, 0.05) is 11.6 Å². The Bertz CT molecular complexity index is 1400. The minimum absolute atomic E-state index is 0.174. The molecule has 0 fully saturated rings. The number of aromatic nitrogens is 5. The smallest absolute Gasteiger partial charge is 0.323 e. The highest BCUT2D eigenvalue weighted by atomic mass is 19.4. The number of carbonyl (C=O) groups excluding carboxylic acids is 1. The quantitative estimate of drug-likeness (QED) is 0.484. The molecule has 0 bridgehead atoms. The molecule has 12 heteroatoms. The Kier molecular flexibility index (Phi) is 4.94. The first-order valence-electron chi connectivity index (χ1n) is 9.34. The molecule has 0 spiro atoms. The molecule has 4 aromatic rings. The lowest BCUT2D eigenvalue weighted by Gasteiger charge is -2.19. The standard InChI is InChI=1S/C20H16F4N6O2/c1-19(2,21)17-14-7-11(20(22,23)24)3-5-13(14)18(32)30(28-17)9-16(31)26-12-4-6-15-27-25-10-29(15)8-12/h3-8,10H,9H2,1-2H3,(H,26,31). The topological polar surface area (TPSA) is 94.2 Å². The van der Waals surface area contributed by atoms with Gasteiger partial charge in [0.2, 0.25) is 5.91 Å². The fourth-order valence-electron chi connectivity index (χ4n) is 3.25. The largest absolute Gasteiger partial charge is 0.416 e. The van der Waals surface area contributed by atoms with Crippen LogP contribution in [0, 0.1) is 0 Å². The van der Waals surface area contributed by atoms with Crippen molar-refractivity contribution >= 4 is 28.0 Å². The molecule has 32 heavy (non-hydrogen) atoms. The summed E-state index contributed by atoms with van der Waals surface area (Å²) in [5.74, 6) is -0.638. The van der Waals surface area contributed by atoms with Crippen LogP contribution in [0.2, 0.25) is 0 Å². The van der Waals surface area contributed by atoms with Crippen molar-refractivity contribution in [2.24, 2.45) is 0 Å². The van der Waals surface area contributed by atoms with Gasteiger partial charge in [-0.1, -0.05) is 0 Å². The van der Waals surface area contributed by atoms with Gasteiger partial charge in [0.25, 0.3) is 5.56 Å². The number of benzene rings is 1. The second-order valence-electron chi connectivity index (χ2n) is 7.60. The van der Waals surface area contributed by atoms with Gasteiger partial charge in [0.1, 0.15) is 24.2 Å². The minimum Gasteiger partial charge on any atom is -0.323 e. The van der Waals surface area contributed by atoms with Gasteiger partial charge in [0.15, 0.2) is 5.65 Å². The molecular formula is C20H16F4N6O2. The second-order valence-corrected chi connectivity index (χ2v) is 7.60. The first kappa shape index (κ1) is 21.4. The number of nitrogens with one attached hydrogen (secondary N) is 1. The van der Waals surface area contributed by atoms with E-state index in [0.29, 0.717) is 17.4 Å². The number of hydrogen-bond acceptors (Lipinski definition) is 5. The summed E-state index contributed by atoms with van der Waals surface area (Å²) in [5.41, 5.74) is -3.45. The molecule has 0 radical (unpaired) electrons. The van der Waals surface area contributed by atoms with Crippen molar-refractivity contribution in [1.82, 2.24) is 24.4 Å². The van der Waals surface area contributed by atoms with Gasteiger partial charge >= 0.3 is 6.18 Å². The summed E-state index contributed by atoms with van der Waals surface area (Å²) in [5, 5.41) is 13.6. The van der Waals surface area contributed by atoms with Gasteiger partial charge in [-0.2, -0.15) is 18.3 Å². The van der Waals surface area contributed by atoms with Crippen LogP contribution in [0.1, 0.15) is 25.1 Å². The highest BCUT2D eigenvalue weighted by Crippen LogP contribution is 2.34. The molecular weight excluding hydrogens is 432 g/mol. The molecule has 0 aliphatic carbocycles. The van der Waals surface area contributed by atoms with Crippen molar-refractivity contribution < 1.29 is 22.4 Å². The maximum atomic E-state index is 14.8. The van der Waals surface area contributed by atoms with Crippen LogP contribution in [-0.4, -0.2) is 30.3 Å².